The number of hydrogen-bond donors (Lipinski definition) is 1. The third-order valence-corrected chi connectivity index (χ3v) is 4.12. The molecule has 0 saturated heterocycles. The van der Waals surface area contributed by atoms with Crippen molar-refractivity contribution in [1.82, 2.24) is 9.78 Å². The topological polar surface area (TPSA) is 70.1 Å². The average molecular weight is 335 g/mol. The van der Waals surface area contributed by atoms with Crippen LogP contribution in [0.25, 0.3) is 5.69 Å². The van der Waals surface area contributed by atoms with Crippen LogP contribution in [-0.2, 0) is 6.42 Å². The molecule has 1 unspecified atom stereocenters. The number of nitrogens with two attached hydrogens (primary N) is 1. The lowest BCUT2D eigenvalue weighted by atomic mass is 9.74. The van der Waals surface area contributed by atoms with Gasteiger partial charge in [-0.05, 0) is 36.0 Å². The molecule has 0 fully saturated rings. The van der Waals surface area contributed by atoms with Gasteiger partial charge in [0.1, 0.15) is 5.75 Å². The third kappa shape index (κ3) is 3.31. The normalized spacial score (nSPS) is 19.2. The number of alkyl halides is 2. The Kier molecular flexibility index (Phi) is 4.13. The Morgan fingerprint density at radius 3 is 2.83 bits per heavy atom. The molecule has 1 aromatic heterocycles. The Morgan fingerprint density at radius 2 is 2.12 bits per heavy atom. The summed E-state index contributed by atoms with van der Waals surface area (Å²) in [6, 6.07) is 7.15. The second-order valence-corrected chi connectivity index (χ2v) is 6.83. The Bertz CT molecular complexity index is 818. The number of benzene rings is 1. The van der Waals surface area contributed by atoms with Crippen LogP contribution in [0.15, 0.2) is 35.1 Å². The summed E-state index contributed by atoms with van der Waals surface area (Å²) in [6.45, 7) is 1.28. The molecule has 0 saturated carbocycles. The molecule has 1 heterocycles. The lowest BCUT2D eigenvalue weighted by Crippen LogP contribution is -2.34. The molecular formula is C17H19F2N3O2. The number of halogens is 2. The summed E-state index contributed by atoms with van der Waals surface area (Å²) >= 11 is 0. The zero-order valence-corrected chi connectivity index (χ0v) is 13.5. The maximum absolute atomic E-state index is 12.4. The van der Waals surface area contributed by atoms with E-state index in [0.29, 0.717) is 11.4 Å². The summed E-state index contributed by atoms with van der Waals surface area (Å²) in [5.74, 6) is -0.0284. The first-order valence-electron chi connectivity index (χ1n) is 7.69. The lowest BCUT2D eigenvalue weighted by Gasteiger charge is -2.34. The summed E-state index contributed by atoms with van der Waals surface area (Å²) in [5.41, 5.74) is 7.78. The molecule has 5 nitrogen and oxygen atoms in total. The first-order valence-corrected chi connectivity index (χ1v) is 7.69. The van der Waals surface area contributed by atoms with Crippen molar-refractivity contribution in [3.8, 4) is 11.4 Å². The minimum absolute atomic E-state index is 0.0116. The van der Waals surface area contributed by atoms with Crippen molar-refractivity contribution < 1.29 is 13.5 Å². The second-order valence-electron chi connectivity index (χ2n) is 6.83. The van der Waals surface area contributed by atoms with Crippen molar-refractivity contribution in [3.63, 3.8) is 0 Å². The summed E-state index contributed by atoms with van der Waals surface area (Å²) in [7, 11) is 0. The number of hydrogen-bond acceptors (Lipinski definition) is 4. The molecule has 1 atom stereocenters. The van der Waals surface area contributed by atoms with Crippen LogP contribution in [-0.4, -0.2) is 16.4 Å². The lowest BCUT2D eigenvalue weighted by molar-refractivity contribution is -0.0498. The zero-order chi connectivity index (χ0) is 17.5. The second kappa shape index (κ2) is 5.98. The highest BCUT2D eigenvalue weighted by Crippen LogP contribution is 2.38. The van der Waals surface area contributed by atoms with Crippen LogP contribution in [0.2, 0.25) is 0 Å². The molecule has 0 bridgehead atoms. The van der Waals surface area contributed by atoms with Gasteiger partial charge in [0.2, 0.25) is 0 Å². The number of nitrogens with zero attached hydrogens (tertiary/aromatic N) is 2. The summed E-state index contributed by atoms with van der Waals surface area (Å²) in [6.07, 6.45) is 1.49. The molecule has 0 radical (unpaired) electrons. The van der Waals surface area contributed by atoms with E-state index in [1.165, 1.54) is 28.9 Å². The minimum atomic E-state index is -2.93. The van der Waals surface area contributed by atoms with E-state index < -0.39 is 6.61 Å². The van der Waals surface area contributed by atoms with E-state index in [9.17, 15) is 13.6 Å². The molecule has 2 aromatic rings. The fraction of sp³-hybridized carbons (Fsp3) is 0.412. The SMILES string of the molecule is CC1(C)Cc2cc(=O)n(-c3cccc(OC(F)F)c3)nc2C(N)C1. The Labute approximate surface area is 138 Å². The van der Waals surface area contributed by atoms with E-state index in [-0.39, 0.29) is 22.8 Å². The zero-order valence-electron chi connectivity index (χ0n) is 13.5. The van der Waals surface area contributed by atoms with Crippen LogP contribution in [0.3, 0.4) is 0 Å². The highest BCUT2D eigenvalue weighted by molar-refractivity contribution is 5.39. The van der Waals surface area contributed by atoms with Crippen LogP contribution in [0.1, 0.15) is 37.6 Å². The Hall–Kier alpha value is -2.28. The quantitative estimate of drug-likeness (QED) is 0.936. The van der Waals surface area contributed by atoms with Crippen molar-refractivity contribution >= 4 is 0 Å². The van der Waals surface area contributed by atoms with Crippen LogP contribution < -0.4 is 16.0 Å². The van der Waals surface area contributed by atoms with E-state index >= 15 is 0 Å². The van der Waals surface area contributed by atoms with Gasteiger partial charge in [-0.3, -0.25) is 4.79 Å². The first-order chi connectivity index (χ1) is 11.2. The molecular weight excluding hydrogens is 316 g/mol. The van der Waals surface area contributed by atoms with Gasteiger partial charge < -0.3 is 10.5 Å². The molecule has 7 heteroatoms. The van der Waals surface area contributed by atoms with Crippen LogP contribution in [0.4, 0.5) is 8.78 Å². The van der Waals surface area contributed by atoms with E-state index in [1.807, 2.05) is 0 Å². The molecule has 3 rings (SSSR count). The van der Waals surface area contributed by atoms with Gasteiger partial charge in [0, 0.05) is 18.2 Å². The summed E-state index contributed by atoms with van der Waals surface area (Å²) < 4.78 is 30.3. The fourth-order valence-electron chi connectivity index (χ4n) is 3.22. The van der Waals surface area contributed by atoms with Gasteiger partial charge >= 0.3 is 6.61 Å². The molecule has 1 aromatic carbocycles. The molecule has 0 spiro atoms. The highest BCUT2D eigenvalue weighted by atomic mass is 19.3. The number of ether oxygens (including phenoxy) is 1. The predicted molar refractivity (Wildman–Crippen MR) is 85.5 cm³/mol. The minimum Gasteiger partial charge on any atom is -0.435 e. The van der Waals surface area contributed by atoms with Crippen LogP contribution >= 0.6 is 0 Å². The predicted octanol–water partition coefficient (Wildman–Crippen LogP) is 2.81. The van der Waals surface area contributed by atoms with Crippen LogP contribution in [0, 0.1) is 5.41 Å². The van der Waals surface area contributed by atoms with Crippen molar-refractivity contribution in [1.29, 1.82) is 0 Å². The summed E-state index contributed by atoms with van der Waals surface area (Å²) in [5, 5.41) is 4.39. The van der Waals surface area contributed by atoms with Gasteiger partial charge in [-0.1, -0.05) is 19.9 Å². The monoisotopic (exact) mass is 335 g/mol. The van der Waals surface area contributed by atoms with Gasteiger partial charge in [-0.15, -0.1) is 0 Å². The smallest absolute Gasteiger partial charge is 0.387 e. The van der Waals surface area contributed by atoms with Crippen LogP contribution in [0.5, 0.6) is 5.75 Å². The molecule has 1 aliphatic rings. The van der Waals surface area contributed by atoms with Crippen molar-refractivity contribution in [3.05, 3.63) is 51.9 Å². The first kappa shape index (κ1) is 16.6. The molecule has 0 amide bonds. The molecule has 128 valence electrons. The van der Waals surface area contributed by atoms with E-state index in [4.69, 9.17) is 5.73 Å². The van der Waals surface area contributed by atoms with Gasteiger partial charge in [0.25, 0.3) is 5.56 Å². The van der Waals surface area contributed by atoms with Gasteiger partial charge in [0.15, 0.2) is 0 Å². The highest BCUT2D eigenvalue weighted by Gasteiger charge is 2.32. The van der Waals surface area contributed by atoms with Gasteiger partial charge in [-0.2, -0.15) is 18.6 Å². The van der Waals surface area contributed by atoms with E-state index in [1.54, 1.807) is 6.07 Å². The summed E-state index contributed by atoms with van der Waals surface area (Å²) in [4.78, 5) is 12.4. The maximum atomic E-state index is 12.4. The third-order valence-electron chi connectivity index (χ3n) is 4.12. The molecule has 2 N–H and O–H groups in total. The number of fused-ring (bicyclic) bond motifs is 1. The van der Waals surface area contributed by atoms with Gasteiger partial charge in [0.05, 0.1) is 11.4 Å². The fourth-order valence-corrected chi connectivity index (χ4v) is 3.22. The molecule has 0 aliphatic heterocycles. The maximum Gasteiger partial charge on any atom is 0.387 e. The standard InChI is InChI=1S/C17H19F2N3O2/c1-17(2)8-10-6-14(23)22(21-15(10)13(20)9-17)11-4-3-5-12(7-11)24-16(18)19/h3-7,13,16H,8-9,20H2,1-2H3. The van der Waals surface area contributed by atoms with Crippen molar-refractivity contribution in [2.45, 2.75) is 39.3 Å². The molecule has 24 heavy (non-hydrogen) atoms. The van der Waals surface area contributed by atoms with E-state index in [2.05, 4.69) is 23.7 Å². The number of aromatic nitrogens is 2. The average Bonchev–Trinajstić information content (AvgIpc) is 2.44. The molecule has 1 aliphatic carbocycles. The van der Waals surface area contributed by atoms with Gasteiger partial charge in [-0.25, -0.2) is 0 Å². The Morgan fingerprint density at radius 1 is 1.38 bits per heavy atom. The van der Waals surface area contributed by atoms with E-state index in [0.717, 1.165) is 18.4 Å². The largest absolute Gasteiger partial charge is 0.435 e. The van der Waals surface area contributed by atoms with Crippen molar-refractivity contribution in [2.75, 3.05) is 0 Å². The Balaban J connectivity index is 2.05. The number of rotatable bonds is 3. The van der Waals surface area contributed by atoms with Crippen molar-refractivity contribution in [2.24, 2.45) is 11.1 Å².